The second-order valence-electron chi connectivity index (χ2n) is 4.56. The Morgan fingerprint density at radius 1 is 0.917 bits per heavy atom. The van der Waals surface area contributed by atoms with Gasteiger partial charge in [0.2, 0.25) is 9.84 Å². The monoisotopic (exact) mass is 382 g/mol. The van der Waals surface area contributed by atoms with Crippen molar-refractivity contribution >= 4 is 37.1 Å². The molecule has 0 aliphatic heterocycles. The topological polar surface area (TPSA) is 104 Å². The molecule has 0 aliphatic rings. The van der Waals surface area contributed by atoms with E-state index < -0.39 is 19.9 Å². The minimum absolute atomic E-state index is 0.0283. The molecule has 0 saturated carbocycles. The number of sulfonamides is 1. The Bertz CT molecular complexity index is 1000. The number of anilines is 1. The fraction of sp³-hybridized carbons (Fsp3) is 0. The predicted molar refractivity (Wildman–Crippen MR) is 90.6 cm³/mol. The predicted octanol–water partition coefficient (Wildman–Crippen LogP) is 2.95. The van der Waals surface area contributed by atoms with Gasteiger partial charge in [-0.3, -0.25) is 4.72 Å². The number of allylic oxidation sites excluding steroid dienone is 1. The van der Waals surface area contributed by atoms with E-state index in [2.05, 4.69) is 4.72 Å². The van der Waals surface area contributed by atoms with Crippen molar-refractivity contribution in [3.05, 3.63) is 65.0 Å². The van der Waals surface area contributed by atoms with Crippen LogP contribution < -0.4 is 4.72 Å². The van der Waals surface area contributed by atoms with Crippen molar-refractivity contribution in [1.82, 2.24) is 0 Å². The molecule has 0 amide bonds. The van der Waals surface area contributed by atoms with Crippen LogP contribution in [-0.2, 0) is 19.9 Å². The van der Waals surface area contributed by atoms with Crippen molar-refractivity contribution in [2.24, 2.45) is 0 Å². The number of benzene rings is 2. The molecule has 124 valence electrons. The molecule has 0 unspecified atom stereocenters. The molecule has 0 atom stereocenters. The summed E-state index contributed by atoms with van der Waals surface area (Å²) >= 11 is 5.72. The standard InChI is InChI=1S/C15H11ClN2O4S2/c16-12-2-6-15(7-3-12)24(21,22)18-13-4-8-14(9-5-13)23(19,20)11-1-10-17/h1-9,11,18H. The number of halogens is 1. The van der Waals surface area contributed by atoms with Crippen LogP contribution in [0.4, 0.5) is 5.69 Å². The number of nitrogens with zero attached hydrogens (tertiary/aromatic N) is 1. The Labute approximate surface area is 145 Å². The first kappa shape index (κ1) is 18.0. The first-order chi connectivity index (χ1) is 11.2. The highest BCUT2D eigenvalue weighted by Crippen LogP contribution is 2.20. The molecule has 2 aromatic rings. The normalized spacial score (nSPS) is 12.0. The van der Waals surface area contributed by atoms with Gasteiger partial charge < -0.3 is 0 Å². The van der Waals surface area contributed by atoms with Crippen molar-refractivity contribution in [2.75, 3.05) is 4.72 Å². The van der Waals surface area contributed by atoms with Gasteiger partial charge >= 0.3 is 0 Å². The average Bonchev–Trinajstić information content (AvgIpc) is 2.53. The van der Waals surface area contributed by atoms with Gasteiger partial charge in [0.15, 0.2) is 0 Å². The molecular formula is C15H11ClN2O4S2. The second-order valence-corrected chi connectivity index (χ2v) is 8.51. The van der Waals surface area contributed by atoms with Crippen LogP contribution in [0.15, 0.2) is 69.8 Å². The summed E-state index contributed by atoms with van der Waals surface area (Å²) in [6, 6.07) is 12.3. The third-order valence-electron chi connectivity index (χ3n) is 2.88. The molecule has 0 heterocycles. The fourth-order valence-corrected chi connectivity index (χ4v) is 3.84. The van der Waals surface area contributed by atoms with E-state index in [-0.39, 0.29) is 15.5 Å². The van der Waals surface area contributed by atoms with Crippen LogP contribution in [0.1, 0.15) is 0 Å². The van der Waals surface area contributed by atoms with E-state index in [1.807, 2.05) is 0 Å². The number of hydrogen-bond acceptors (Lipinski definition) is 5. The Hall–Kier alpha value is -2.34. The Morgan fingerprint density at radius 3 is 2.00 bits per heavy atom. The lowest BCUT2D eigenvalue weighted by atomic mass is 10.3. The lowest BCUT2D eigenvalue weighted by molar-refractivity contribution is 0.601. The third-order valence-corrected chi connectivity index (χ3v) is 5.95. The molecule has 2 rings (SSSR count). The van der Waals surface area contributed by atoms with Gasteiger partial charge in [0.05, 0.1) is 15.9 Å². The summed E-state index contributed by atoms with van der Waals surface area (Å²) in [5.74, 6) is 0. The lowest BCUT2D eigenvalue weighted by Gasteiger charge is -2.08. The molecule has 0 saturated heterocycles. The van der Waals surface area contributed by atoms with Gasteiger partial charge in [-0.15, -0.1) is 0 Å². The SMILES string of the molecule is N#CC=CS(=O)(=O)c1ccc(NS(=O)(=O)c2ccc(Cl)cc2)cc1. The molecule has 0 spiro atoms. The molecule has 0 aromatic heterocycles. The average molecular weight is 383 g/mol. The molecule has 0 bridgehead atoms. The van der Waals surface area contributed by atoms with Gasteiger partial charge in [0, 0.05) is 22.2 Å². The van der Waals surface area contributed by atoms with Crippen LogP contribution in [0, 0.1) is 11.3 Å². The molecule has 0 radical (unpaired) electrons. The largest absolute Gasteiger partial charge is 0.280 e. The quantitative estimate of drug-likeness (QED) is 0.800. The maximum atomic E-state index is 12.2. The van der Waals surface area contributed by atoms with Gasteiger partial charge in [-0.05, 0) is 48.5 Å². The number of rotatable bonds is 5. The zero-order valence-electron chi connectivity index (χ0n) is 12.0. The maximum Gasteiger partial charge on any atom is 0.261 e. The van der Waals surface area contributed by atoms with E-state index in [1.165, 1.54) is 48.5 Å². The number of hydrogen-bond donors (Lipinski definition) is 1. The van der Waals surface area contributed by atoms with Gasteiger partial charge in [0.1, 0.15) is 0 Å². The van der Waals surface area contributed by atoms with Crippen LogP contribution in [0.25, 0.3) is 0 Å². The van der Waals surface area contributed by atoms with Crippen molar-refractivity contribution in [3.8, 4) is 6.07 Å². The smallest absolute Gasteiger partial charge is 0.261 e. The second kappa shape index (κ2) is 7.05. The first-order valence-corrected chi connectivity index (χ1v) is 9.85. The van der Waals surface area contributed by atoms with E-state index in [9.17, 15) is 16.8 Å². The van der Waals surface area contributed by atoms with Gasteiger partial charge in [-0.25, -0.2) is 16.8 Å². The molecule has 6 nitrogen and oxygen atoms in total. The lowest BCUT2D eigenvalue weighted by Crippen LogP contribution is -2.12. The number of nitriles is 1. The highest BCUT2D eigenvalue weighted by molar-refractivity contribution is 7.94. The van der Waals surface area contributed by atoms with Gasteiger partial charge in [0.25, 0.3) is 10.0 Å². The summed E-state index contributed by atoms with van der Waals surface area (Å²) in [5.41, 5.74) is 0.202. The summed E-state index contributed by atoms with van der Waals surface area (Å²) in [4.78, 5) is -0.0241. The van der Waals surface area contributed by atoms with E-state index >= 15 is 0 Å². The van der Waals surface area contributed by atoms with Crippen molar-refractivity contribution in [2.45, 2.75) is 9.79 Å². The van der Waals surface area contributed by atoms with Crippen LogP contribution in [0.2, 0.25) is 5.02 Å². The van der Waals surface area contributed by atoms with Crippen molar-refractivity contribution < 1.29 is 16.8 Å². The summed E-state index contributed by atoms with van der Waals surface area (Å²) in [7, 11) is -7.54. The third kappa shape index (κ3) is 4.35. The Balaban J connectivity index is 2.25. The zero-order valence-corrected chi connectivity index (χ0v) is 14.4. The summed E-state index contributed by atoms with van der Waals surface area (Å²) < 4.78 is 50.5. The maximum absolute atomic E-state index is 12.2. The van der Waals surface area contributed by atoms with Gasteiger partial charge in [-0.1, -0.05) is 11.6 Å². The fourth-order valence-electron chi connectivity index (χ4n) is 1.74. The Morgan fingerprint density at radius 2 is 1.46 bits per heavy atom. The molecule has 0 fully saturated rings. The molecular weight excluding hydrogens is 372 g/mol. The highest BCUT2D eigenvalue weighted by Gasteiger charge is 2.15. The van der Waals surface area contributed by atoms with E-state index in [0.29, 0.717) is 5.02 Å². The minimum Gasteiger partial charge on any atom is -0.280 e. The summed E-state index contributed by atoms with van der Waals surface area (Å²) in [6.45, 7) is 0. The highest BCUT2D eigenvalue weighted by atomic mass is 35.5. The van der Waals surface area contributed by atoms with Crippen LogP contribution in [0.3, 0.4) is 0 Å². The molecule has 24 heavy (non-hydrogen) atoms. The molecule has 0 aliphatic carbocycles. The number of nitrogens with one attached hydrogen (secondary N) is 1. The summed E-state index contributed by atoms with van der Waals surface area (Å²) in [5, 5.41) is 9.58. The van der Waals surface area contributed by atoms with E-state index in [0.717, 1.165) is 11.5 Å². The first-order valence-electron chi connectivity index (χ1n) is 6.44. The zero-order chi connectivity index (χ0) is 17.8. The van der Waals surface area contributed by atoms with Crippen LogP contribution in [0.5, 0.6) is 0 Å². The summed E-state index contributed by atoms with van der Waals surface area (Å²) in [6.07, 6.45) is 0.854. The van der Waals surface area contributed by atoms with Gasteiger partial charge in [-0.2, -0.15) is 5.26 Å². The van der Waals surface area contributed by atoms with Crippen LogP contribution >= 0.6 is 11.6 Å². The van der Waals surface area contributed by atoms with E-state index in [4.69, 9.17) is 16.9 Å². The van der Waals surface area contributed by atoms with Crippen molar-refractivity contribution in [3.63, 3.8) is 0 Å². The van der Waals surface area contributed by atoms with E-state index in [1.54, 1.807) is 6.07 Å². The Kier molecular flexibility index (Phi) is 5.29. The molecule has 1 N–H and O–H groups in total. The number of sulfone groups is 1. The molecule has 2 aromatic carbocycles. The van der Waals surface area contributed by atoms with Crippen molar-refractivity contribution in [1.29, 1.82) is 5.26 Å². The van der Waals surface area contributed by atoms with Crippen LogP contribution in [-0.4, -0.2) is 16.8 Å². The molecule has 9 heteroatoms. The minimum atomic E-state index is -3.81.